The quantitative estimate of drug-likeness (QED) is 0.528. The number of benzene rings is 2. The van der Waals surface area contributed by atoms with Crippen molar-refractivity contribution in [2.24, 2.45) is 4.99 Å². The van der Waals surface area contributed by atoms with Crippen molar-refractivity contribution in [2.45, 2.75) is 19.8 Å². The highest BCUT2D eigenvalue weighted by Crippen LogP contribution is 2.09. The van der Waals surface area contributed by atoms with Gasteiger partial charge in [0.1, 0.15) is 5.82 Å². The zero-order chi connectivity index (χ0) is 18.8. The molecule has 0 aromatic heterocycles. The number of nitrogens with zero attached hydrogens (tertiary/aromatic N) is 1. The molecule has 138 valence electrons. The molecule has 0 heterocycles. The summed E-state index contributed by atoms with van der Waals surface area (Å²) in [4.78, 5) is 15.2. The van der Waals surface area contributed by atoms with Crippen molar-refractivity contribution in [3.8, 4) is 0 Å². The Bertz CT molecular complexity index is 726. The summed E-state index contributed by atoms with van der Waals surface area (Å²) >= 11 is 0. The van der Waals surface area contributed by atoms with Crippen LogP contribution in [0.1, 0.15) is 18.1 Å². The molecule has 26 heavy (non-hydrogen) atoms. The molecule has 6 heteroatoms. The molecule has 0 saturated carbocycles. The van der Waals surface area contributed by atoms with Crippen molar-refractivity contribution in [3.05, 3.63) is 65.5 Å². The third-order valence-electron chi connectivity index (χ3n) is 3.82. The van der Waals surface area contributed by atoms with Crippen LogP contribution in [0.5, 0.6) is 0 Å². The molecular weight excluding hydrogens is 331 g/mol. The van der Waals surface area contributed by atoms with Gasteiger partial charge in [-0.15, -0.1) is 0 Å². The monoisotopic (exact) mass is 356 g/mol. The Kier molecular flexibility index (Phi) is 7.61. The maximum absolute atomic E-state index is 12.9. The van der Waals surface area contributed by atoms with Gasteiger partial charge in [0.2, 0.25) is 5.91 Å². The highest BCUT2D eigenvalue weighted by molar-refractivity contribution is 5.88. The van der Waals surface area contributed by atoms with Crippen LogP contribution in [0.25, 0.3) is 0 Å². The largest absolute Gasteiger partial charge is 0.356 e. The van der Waals surface area contributed by atoms with E-state index in [0.717, 1.165) is 43.1 Å². The van der Waals surface area contributed by atoms with Crippen LogP contribution in [0.4, 0.5) is 10.1 Å². The second kappa shape index (κ2) is 10.2. The third-order valence-corrected chi connectivity index (χ3v) is 3.82. The third kappa shape index (κ3) is 6.93. The smallest absolute Gasteiger partial charge is 0.221 e. The van der Waals surface area contributed by atoms with Gasteiger partial charge in [-0.05, 0) is 48.2 Å². The molecule has 5 nitrogen and oxygen atoms in total. The molecule has 0 saturated heterocycles. The molecule has 2 aromatic rings. The standard InChI is InChI=1S/C20H25FN4O/c1-15(26)25-19-9-5-17(6-10-19)12-14-24-20(22-2)23-13-11-16-3-7-18(21)8-4-16/h3-10H,11-14H2,1-2H3,(H,25,26)(H2,22,23,24). The molecule has 0 bridgehead atoms. The highest BCUT2D eigenvalue weighted by atomic mass is 19.1. The first-order chi connectivity index (χ1) is 12.6. The van der Waals surface area contributed by atoms with Gasteiger partial charge in [0.05, 0.1) is 0 Å². The number of aliphatic imine (C=N–C) groups is 1. The fourth-order valence-corrected chi connectivity index (χ4v) is 2.48. The number of halogens is 1. The van der Waals surface area contributed by atoms with E-state index in [1.807, 2.05) is 24.3 Å². The Morgan fingerprint density at radius 1 is 0.923 bits per heavy atom. The van der Waals surface area contributed by atoms with Crippen molar-refractivity contribution in [1.82, 2.24) is 10.6 Å². The van der Waals surface area contributed by atoms with Crippen molar-refractivity contribution in [1.29, 1.82) is 0 Å². The molecule has 0 spiro atoms. The molecule has 0 fully saturated rings. The van der Waals surface area contributed by atoms with Crippen LogP contribution in [0, 0.1) is 5.82 Å². The lowest BCUT2D eigenvalue weighted by molar-refractivity contribution is -0.114. The zero-order valence-electron chi connectivity index (χ0n) is 15.2. The minimum absolute atomic E-state index is 0.0741. The van der Waals surface area contributed by atoms with Crippen LogP contribution in [-0.2, 0) is 17.6 Å². The summed E-state index contributed by atoms with van der Waals surface area (Å²) in [6, 6.07) is 14.3. The Hall–Kier alpha value is -2.89. The fraction of sp³-hybridized carbons (Fsp3) is 0.300. The van der Waals surface area contributed by atoms with Gasteiger partial charge >= 0.3 is 0 Å². The van der Waals surface area contributed by atoms with Crippen LogP contribution >= 0.6 is 0 Å². The van der Waals surface area contributed by atoms with E-state index in [4.69, 9.17) is 0 Å². The highest BCUT2D eigenvalue weighted by Gasteiger charge is 2.00. The number of rotatable bonds is 7. The van der Waals surface area contributed by atoms with Crippen molar-refractivity contribution in [2.75, 3.05) is 25.5 Å². The second-order valence-electron chi connectivity index (χ2n) is 5.93. The summed E-state index contributed by atoms with van der Waals surface area (Å²) in [5.74, 6) is 0.446. The van der Waals surface area contributed by atoms with Crippen LogP contribution in [0.2, 0.25) is 0 Å². The van der Waals surface area contributed by atoms with Gasteiger partial charge in [-0.25, -0.2) is 4.39 Å². The van der Waals surface area contributed by atoms with E-state index in [-0.39, 0.29) is 11.7 Å². The van der Waals surface area contributed by atoms with Gasteiger partial charge in [0.15, 0.2) is 5.96 Å². The van der Waals surface area contributed by atoms with Crippen LogP contribution < -0.4 is 16.0 Å². The van der Waals surface area contributed by atoms with E-state index in [9.17, 15) is 9.18 Å². The van der Waals surface area contributed by atoms with Crippen LogP contribution in [0.15, 0.2) is 53.5 Å². The number of nitrogens with one attached hydrogen (secondary N) is 3. The summed E-state index contributed by atoms with van der Waals surface area (Å²) in [5.41, 5.74) is 3.05. The summed E-state index contributed by atoms with van der Waals surface area (Å²) in [7, 11) is 1.73. The fourth-order valence-electron chi connectivity index (χ4n) is 2.48. The molecular formula is C20H25FN4O. The molecule has 0 radical (unpaired) electrons. The molecule has 3 N–H and O–H groups in total. The summed E-state index contributed by atoms with van der Waals surface area (Å²) in [6.07, 6.45) is 1.64. The maximum atomic E-state index is 12.9. The Morgan fingerprint density at radius 3 is 1.88 bits per heavy atom. The van der Waals surface area contributed by atoms with Crippen molar-refractivity contribution < 1.29 is 9.18 Å². The van der Waals surface area contributed by atoms with Crippen molar-refractivity contribution >= 4 is 17.6 Å². The van der Waals surface area contributed by atoms with Gasteiger partial charge in [-0.2, -0.15) is 0 Å². The number of carbonyl (C=O) groups excluding carboxylic acids is 1. The predicted octanol–water partition coefficient (Wildman–Crippen LogP) is 2.73. The van der Waals surface area contributed by atoms with Gasteiger partial charge in [-0.3, -0.25) is 9.79 Å². The van der Waals surface area contributed by atoms with E-state index in [0.29, 0.717) is 0 Å². The first-order valence-corrected chi connectivity index (χ1v) is 8.62. The SMILES string of the molecule is CN=C(NCCc1ccc(F)cc1)NCCc1ccc(NC(C)=O)cc1. The maximum Gasteiger partial charge on any atom is 0.221 e. The van der Waals surface area contributed by atoms with E-state index in [1.54, 1.807) is 19.2 Å². The predicted molar refractivity (Wildman–Crippen MR) is 104 cm³/mol. The molecule has 0 aliphatic carbocycles. The van der Waals surface area contributed by atoms with E-state index in [1.165, 1.54) is 24.6 Å². The van der Waals surface area contributed by atoms with E-state index >= 15 is 0 Å². The molecule has 0 atom stereocenters. The second-order valence-corrected chi connectivity index (χ2v) is 5.93. The summed E-state index contributed by atoms with van der Waals surface area (Å²) in [6.45, 7) is 2.96. The summed E-state index contributed by atoms with van der Waals surface area (Å²) in [5, 5.41) is 9.27. The lowest BCUT2D eigenvalue weighted by Gasteiger charge is -2.12. The number of hydrogen-bond acceptors (Lipinski definition) is 2. The number of hydrogen-bond donors (Lipinski definition) is 3. The Labute approximate surface area is 153 Å². The van der Waals surface area contributed by atoms with Gasteiger partial charge in [-0.1, -0.05) is 24.3 Å². The zero-order valence-corrected chi connectivity index (χ0v) is 15.2. The molecule has 0 unspecified atom stereocenters. The lowest BCUT2D eigenvalue weighted by atomic mass is 10.1. The van der Waals surface area contributed by atoms with E-state index in [2.05, 4.69) is 20.9 Å². The normalized spacial score (nSPS) is 11.1. The average Bonchev–Trinajstić information content (AvgIpc) is 2.63. The number of amides is 1. The average molecular weight is 356 g/mol. The van der Waals surface area contributed by atoms with Crippen molar-refractivity contribution in [3.63, 3.8) is 0 Å². The molecule has 2 aromatic carbocycles. The van der Waals surface area contributed by atoms with E-state index < -0.39 is 0 Å². The van der Waals surface area contributed by atoms with Crippen LogP contribution in [-0.4, -0.2) is 32.0 Å². The number of carbonyl (C=O) groups is 1. The number of anilines is 1. The first-order valence-electron chi connectivity index (χ1n) is 8.62. The van der Waals surface area contributed by atoms with Gasteiger partial charge in [0.25, 0.3) is 0 Å². The molecule has 0 aliphatic rings. The topological polar surface area (TPSA) is 65.5 Å². The Balaban J connectivity index is 1.69. The minimum Gasteiger partial charge on any atom is -0.356 e. The summed E-state index contributed by atoms with van der Waals surface area (Å²) < 4.78 is 12.9. The van der Waals surface area contributed by atoms with Crippen LogP contribution in [0.3, 0.4) is 0 Å². The minimum atomic E-state index is -0.218. The molecule has 2 rings (SSSR count). The number of guanidine groups is 1. The molecule has 0 aliphatic heterocycles. The first kappa shape index (κ1) is 19.4. The lowest BCUT2D eigenvalue weighted by Crippen LogP contribution is -2.39. The van der Waals surface area contributed by atoms with Gasteiger partial charge in [0, 0.05) is 32.7 Å². The molecule has 1 amide bonds. The van der Waals surface area contributed by atoms with Gasteiger partial charge < -0.3 is 16.0 Å². The Morgan fingerprint density at radius 2 is 1.42 bits per heavy atom.